The highest BCUT2D eigenvalue weighted by atomic mass is 16.5. The van der Waals surface area contributed by atoms with Crippen LogP contribution >= 0.6 is 0 Å². The molecule has 0 fully saturated rings. The molecule has 1 unspecified atom stereocenters. The lowest BCUT2D eigenvalue weighted by Crippen LogP contribution is -1.91. The molecule has 0 aliphatic heterocycles. The molecule has 66 valence electrons. The summed E-state index contributed by atoms with van der Waals surface area (Å²) in [4.78, 5) is 0. The summed E-state index contributed by atoms with van der Waals surface area (Å²) in [6.45, 7) is 0. The Morgan fingerprint density at radius 1 is 1.54 bits per heavy atom. The monoisotopic (exact) mass is 173 g/mol. The summed E-state index contributed by atoms with van der Waals surface area (Å²) in [6, 6.07) is 8.25. The van der Waals surface area contributed by atoms with Gasteiger partial charge in [0.05, 0.1) is 19.1 Å². The van der Waals surface area contributed by atoms with Crippen LogP contribution in [0, 0.1) is 11.3 Å². The van der Waals surface area contributed by atoms with Crippen molar-refractivity contribution in [3.63, 3.8) is 0 Å². The first-order chi connectivity index (χ1) is 6.36. The van der Waals surface area contributed by atoms with E-state index in [1.807, 2.05) is 18.2 Å². The fourth-order valence-electron chi connectivity index (χ4n) is 1.95. The molecule has 0 heterocycles. The summed E-state index contributed by atoms with van der Waals surface area (Å²) >= 11 is 0. The van der Waals surface area contributed by atoms with Crippen LogP contribution in [-0.2, 0) is 6.42 Å². The zero-order valence-corrected chi connectivity index (χ0v) is 7.58. The number of nitriles is 1. The Hall–Kier alpha value is -1.49. The number of benzene rings is 1. The van der Waals surface area contributed by atoms with Gasteiger partial charge in [-0.2, -0.15) is 5.26 Å². The van der Waals surface area contributed by atoms with Crippen molar-refractivity contribution in [2.45, 2.75) is 18.8 Å². The third kappa shape index (κ3) is 1.17. The van der Waals surface area contributed by atoms with Crippen LogP contribution in [0.25, 0.3) is 0 Å². The molecule has 0 spiro atoms. The molecular weight excluding hydrogens is 162 g/mol. The first-order valence-corrected chi connectivity index (χ1v) is 4.42. The van der Waals surface area contributed by atoms with E-state index in [9.17, 15) is 0 Å². The van der Waals surface area contributed by atoms with Gasteiger partial charge < -0.3 is 4.74 Å². The van der Waals surface area contributed by atoms with E-state index < -0.39 is 0 Å². The second-order valence-corrected chi connectivity index (χ2v) is 3.25. The molecule has 1 aromatic rings. The van der Waals surface area contributed by atoms with Gasteiger partial charge in [0.2, 0.25) is 0 Å². The van der Waals surface area contributed by atoms with Crippen molar-refractivity contribution in [1.82, 2.24) is 0 Å². The van der Waals surface area contributed by atoms with Crippen LogP contribution in [0.3, 0.4) is 0 Å². The maximum atomic E-state index is 8.89. The van der Waals surface area contributed by atoms with Crippen LogP contribution in [0.4, 0.5) is 0 Å². The SMILES string of the molecule is COc1cccc2c1CCC2C#N. The standard InChI is InChI=1S/C11H11NO/c1-13-11-4-2-3-9-8(7-12)5-6-10(9)11/h2-4,8H,5-6H2,1H3. The molecule has 2 nitrogen and oxygen atoms in total. The van der Waals surface area contributed by atoms with Crippen LogP contribution in [-0.4, -0.2) is 7.11 Å². The lowest BCUT2D eigenvalue weighted by molar-refractivity contribution is 0.410. The molecule has 13 heavy (non-hydrogen) atoms. The van der Waals surface area contributed by atoms with E-state index in [-0.39, 0.29) is 5.92 Å². The van der Waals surface area contributed by atoms with Gasteiger partial charge in [-0.05, 0) is 30.0 Å². The quantitative estimate of drug-likeness (QED) is 0.652. The van der Waals surface area contributed by atoms with Gasteiger partial charge in [-0.25, -0.2) is 0 Å². The van der Waals surface area contributed by atoms with Gasteiger partial charge in [0.1, 0.15) is 5.75 Å². The minimum absolute atomic E-state index is 0.0742. The highest BCUT2D eigenvalue weighted by Crippen LogP contribution is 2.37. The van der Waals surface area contributed by atoms with Gasteiger partial charge in [0, 0.05) is 0 Å². The smallest absolute Gasteiger partial charge is 0.122 e. The first kappa shape index (κ1) is 8.12. The van der Waals surface area contributed by atoms with E-state index >= 15 is 0 Å². The minimum Gasteiger partial charge on any atom is -0.496 e. The fraction of sp³-hybridized carbons (Fsp3) is 0.364. The number of nitrogens with zero attached hydrogens (tertiary/aromatic N) is 1. The predicted molar refractivity (Wildman–Crippen MR) is 49.7 cm³/mol. The maximum Gasteiger partial charge on any atom is 0.122 e. The molecular formula is C11H11NO. The van der Waals surface area contributed by atoms with E-state index in [1.54, 1.807) is 7.11 Å². The Bertz CT molecular complexity index is 365. The van der Waals surface area contributed by atoms with Gasteiger partial charge >= 0.3 is 0 Å². The molecule has 1 aliphatic carbocycles. The van der Waals surface area contributed by atoms with Crippen molar-refractivity contribution >= 4 is 0 Å². The highest BCUT2D eigenvalue weighted by Gasteiger charge is 2.24. The van der Waals surface area contributed by atoms with Gasteiger partial charge in [-0.15, -0.1) is 0 Å². The predicted octanol–water partition coefficient (Wildman–Crippen LogP) is 2.25. The van der Waals surface area contributed by atoms with Crippen LogP contribution < -0.4 is 4.74 Å². The number of fused-ring (bicyclic) bond motifs is 1. The zero-order valence-electron chi connectivity index (χ0n) is 7.58. The van der Waals surface area contributed by atoms with Crippen molar-refractivity contribution in [1.29, 1.82) is 5.26 Å². The molecule has 2 rings (SSSR count). The van der Waals surface area contributed by atoms with Crippen LogP contribution in [0.2, 0.25) is 0 Å². The third-order valence-corrected chi connectivity index (χ3v) is 2.60. The normalized spacial score (nSPS) is 19.2. The van der Waals surface area contributed by atoms with Gasteiger partial charge in [0.15, 0.2) is 0 Å². The van der Waals surface area contributed by atoms with E-state index in [1.165, 1.54) is 5.56 Å². The van der Waals surface area contributed by atoms with E-state index in [0.29, 0.717) is 0 Å². The second-order valence-electron chi connectivity index (χ2n) is 3.25. The Morgan fingerprint density at radius 2 is 2.38 bits per heavy atom. The lowest BCUT2D eigenvalue weighted by atomic mass is 10.0. The Morgan fingerprint density at radius 3 is 3.08 bits per heavy atom. The average molecular weight is 173 g/mol. The van der Waals surface area contributed by atoms with E-state index in [2.05, 4.69) is 6.07 Å². The molecule has 0 saturated heterocycles. The summed E-state index contributed by atoms with van der Waals surface area (Å²) in [5.41, 5.74) is 2.37. The summed E-state index contributed by atoms with van der Waals surface area (Å²) in [7, 11) is 1.68. The first-order valence-electron chi connectivity index (χ1n) is 4.42. The fourth-order valence-corrected chi connectivity index (χ4v) is 1.95. The highest BCUT2D eigenvalue weighted by molar-refractivity contribution is 5.47. The number of methoxy groups -OCH3 is 1. The van der Waals surface area contributed by atoms with Crippen molar-refractivity contribution in [2.24, 2.45) is 0 Å². The molecule has 0 N–H and O–H groups in total. The zero-order chi connectivity index (χ0) is 9.26. The van der Waals surface area contributed by atoms with Crippen LogP contribution in [0.1, 0.15) is 23.5 Å². The summed E-state index contributed by atoms with van der Waals surface area (Å²) in [6.07, 6.45) is 1.91. The summed E-state index contributed by atoms with van der Waals surface area (Å²) < 4.78 is 5.24. The van der Waals surface area contributed by atoms with Gasteiger partial charge in [-0.1, -0.05) is 12.1 Å². The minimum atomic E-state index is 0.0742. The number of hydrogen-bond acceptors (Lipinski definition) is 2. The molecule has 0 amide bonds. The third-order valence-electron chi connectivity index (χ3n) is 2.60. The van der Waals surface area contributed by atoms with E-state index in [4.69, 9.17) is 10.00 Å². The molecule has 0 radical (unpaired) electrons. The largest absolute Gasteiger partial charge is 0.496 e. The van der Waals surface area contributed by atoms with Crippen molar-refractivity contribution in [3.05, 3.63) is 29.3 Å². The maximum absolute atomic E-state index is 8.89. The summed E-state index contributed by atoms with van der Waals surface area (Å²) in [5.74, 6) is 1.00. The molecule has 0 aromatic heterocycles. The molecule has 0 bridgehead atoms. The Labute approximate surface area is 77.8 Å². The molecule has 1 atom stereocenters. The lowest BCUT2D eigenvalue weighted by Gasteiger charge is -2.06. The topological polar surface area (TPSA) is 33.0 Å². The number of ether oxygens (including phenoxy) is 1. The van der Waals surface area contributed by atoms with Crippen LogP contribution in [0.15, 0.2) is 18.2 Å². The van der Waals surface area contributed by atoms with Crippen LogP contribution in [0.5, 0.6) is 5.75 Å². The number of rotatable bonds is 1. The van der Waals surface area contributed by atoms with Gasteiger partial charge in [-0.3, -0.25) is 0 Å². The molecule has 0 saturated carbocycles. The second kappa shape index (κ2) is 3.10. The average Bonchev–Trinajstić information content (AvgIpc) is 2.60. The molecule has 2 heteroatoms. The summed E-state index contributed by atoms with van der Waals surface area (Å²) in [5, 5.41) is 8.89. The van der Waals surface area contributed by atoms with Gasteiger partial charge in [0.25, 0.3) is 0 Å². The Kier molecular flexibility index (Phi) is 1.94. The Balaban J connectivity index is 2.50. The van der Waals surface area contributed by atoms with Crippen molar-refractivity contribution < 1.29 is 4.74 Å². The molecule has 1 aliphatic rings. The number of hydrogen-bond donors (Lipinski definition) is 0. The van der Waals surface area contributed by atoms with Crippen molar-refractivity contribution in [2.75, 3.05) is 7.11 Å². The van der Waals surface area contributed by atoms with Crippen molar-refractivity contribution in [3.8, 4) is 11.8 Å². The molecule has 1 aromatic carbocycles. The van der Waals surface area contributed by atoms with E-state index in [0.717, 1.165) is 24.2 Å².